The summed E-state index contributed by atoms with van der Waals surface area (Å²) in [4.78, 5) is 24.4. The SMILES string of the molecule is C=C/C=C(\C=C/C)C(CC(=O)NCCOC)(C1=CCCCC=C1)C(C)/C=C\C=C/CC.CCCC.CCCCCCCOCCOCCNC(=O)CCCC. The van der Waals surface area contributed by atoms with Crippen LogP contribution in [0.1, 0.15) is 145 Å². The van der Waals surface area contributed by atoms with Crippen molar-refractivity contribution in [1.29, 1.82) is 0 Å². The minimum atomic E-state index is -0.491. The van der Waals surface area contributed by atoms with Crippen molar-refractivity contribution >= 4 is 11.8 Å². The number of methoxy groups -OCH3 is 1. The maximum atomic E-state index is 13.1. The van der Waals surface area contributed by atoms with Crippen LogP contribution in [-0.4, -0.2) is 65.0 Å². The average Bonchev–Trinajstić information content (AvgIpc) is 3.49. The van der Waals surface area contributed by atoms with E-state index in [0.717, 1.165) is 57.1 Å². The maximum absolute atomic E-state index is 13.1. The second kappa shape index (κ2) is 40.7. The van der Waals surface area contributed by atoms with E-state index in [1.54, 1.807) is 7.11 Å². The van der Waals surface area contributed by atoms with Gasteiger partial charge in [-0.05, 0) is 62.5 Å². The molecule has 2 unspecified atom stereocenters. The molecule has 0 bridgehead atoms. The van der Waals surface area contributed by atoms with Crippen LogP contribution in [0.5, 0.6) is 0 Å². The van der Waals surface area contributed by atoms with Gasteiger partial charge in [0.2, 0.25) is 11.8 Å². The molecule has 0 saturated carbocycles. The van der Waals surface area contributed by atoms with Gasteiger partial charge in [0.05, 0.1) is 26.4 Å². The van der Waals surface area contributed by atoms with Crippen molar-refractivity contribution in [3.8, 4) is 0 Å². The van der Waals surface area contributed by atoms with Crippen LogP contribution in [-0.2, 0) is 23.8 Å². The Morgan fingerprint density at radius 3 is 2.15 bits per heavy atom. The van der Waals surface area contributed by atoms with Crippen molar-refractivity contribution in [3.63, 3.8) is 0 Å². The summed E-state index contributed by atoms with van der Waals surface area (Å²) in [5.74, 6) is 0.247. The van der Waals surface area contributed by atoms with E-state index in [9.17, 15) is 9.59 Å². The minimum Gasteiger partial charge on any atom is -0.383 e. The third-order valence-electron chi connectivity index (χ3n) is 9.23. The smallest absolute Gasteiger partial charge is 0.221 e. The summed E-state index contributed by atoms with van der Waals surface area (Å²) in [6.45, 7) is 23.2. The van der Waals surface area contributed by atoms with Gasteiger partial charge in [-0.3, -0.25) is 9.59 Å². The van der Waals surface area contributed by atoms with Crippen molar-refractivity contribution in [3.05, 3.63) is 84.6 Å². The van der Waals surface area contributed by atoms with E-state index in [-0.39, 0.29) is 17.7 Å². The van der Waals surface area contributed by atoms with Crippen molar-refractivity contribution in [2.24, 2.45) is 11.3 Å². The van der Waals surface area contributed by atoms with Gasteiger partial charge in [-0.2, -0.15) is 0 Å². The molecule has 1 aliphatic rings. The second-order valence-corrected chi connectivity index (χ2v) is 13.9. The van der Waals surface area contributed by atoms with Crippen LogP contribution >= 0.6 is 0 Å². The molecular weight excluding hydrogens is 685 g/mol. The quantitative estimate of drug-likeness (QED) is 0.0585. The monoisotopic (exact) mass is 769 g/mol. The van der Waals surface area contributed by atoms with E-state index in [0.29, 0.717) is 52.4 Å². The maximum Gasteiger partial charge on any atom is 0.221 e. The Hall–Kier alpha value is -3.00. The van der Waals surface area contributed by atoms with E-state index < -0.39 is 5.41 Å². The molecule has 0 spiro atoms. The Bertz CT molecular complexity index is 1120. The minimum absolute atomic E-state index is 0.0272. The van der Waals surface area contributed by atoms with Crippen LogP contribution < -0.4 is 10.6 Å². The molecule has 2 N–H and O–H groups in total. The van der Waals surface area contributed by atoms with Gasteiger partial charge in [-0.1, -0.05) is 160 Å². The van der Waals surface area contributed by atoms with Crippen LogP contribution in [0.2, 0.25) is 0 Å². The Morgan fingerprint density at radius 1 is 0.836 bits per heavy atom. The van der Waals surface area contributed by atoms with E-state index >= 15 is 0 Å². The number of carbonyl (C=O) groups excluding carboxylic acids is 2. The van der Waals surface area contributed by atoms with Crippen LogP contribution in [0.25, 0.3) is 0 Å². The molecule has 0 radical (unpaired) electrons. The van der Waals surface area contributed by atoms with Gasteiger partial charge in [0.1, 0.15) is 0 Å². The number of carbonyl (C=O) groups is 2. The highest BCUT2D eigenvalue weighted by molar-refractivity contribution is 5.78. The van der Waals surface area contributed by atoms with Gasteiger partial charge < -0.3 is 24.8 Å². The van der Waals surface area contributed by atoms with E-state index in [1.807, 2.05) is 25.2 Å². The van der Waals surface area contributed by atoms with Crippen LogP contribution in [0.4, 0.5) is 0 Å². The molecule has 2 amide bonds. The zero-order valence-electron chi connectivity index (χ0n) is 36.7. The fourth-order valence-corrected chi connectivity index (χ4v) is 5.86. The third-order valence-corrected chi connectivity index (χ3v) is 9.23. The third kappa shape index (κ3) is 29.0. The molecule has 316 valence electrons. The molecule has 0 fully saturated rings. The predicted octanol–water partition coefficient (Wildman–Crippen LogP) is 11.7. The molecule has 0 aromatic heterocycles. The lowest BCUT2D eigenvalue weighted by atomic mass is 9.62. The molecule has 0 saturated heterocycles. The number of amides is 2. The lowest BCUT2D eigenvalue weighted by Gasteiger charge is -2.41. The number of hydrogen-bond donors (Lipinski definition) is 2. The number of nitrogens with one attached hydrogen (secondary N) is 2. The molecular formula is C48H84N2O5. The fraction of sp³-hybridized carbons (Fsp3) is 0.667. The van der Waals surface area contributed by atoms with Gasteiger partial charge >= 0.3 is 0 Å². The van der Waals surface area contributed by atoms with Crippen LogP contribution in [0.3, 0.4) is 0 Å². The molecule has 1 aliphatic carbocycles. The number of ether oxygens (including phenoxy) is 3. The lowest BCUT2D eigenvalue weighted by Crippen LogP contribution is -2.39. The van der Waals surface area contributed by atoms with Gasteiger partial charge in [-0.25, -0.2) is 0 Å². The average molecular weight is 769 g/mol. The van der Waals surface area contributed by atoms with E-state index in [2.05, 4.69) is 107 Å². The summed E-state index contributed by atoms with van der Waals surface area (Å²) >= 11 is 0. The van der Waals surface area contributed by atoms with Gasteiger partial charge in [-0.15, -0.1) is 0 Å². The molecule has 2 atom stereocenters. The van der Waals surface area contributed by atoms with Crippen molar-refractivity contribution in [2.75, 3.05) is 53.2 Å². The molecule has 1 rings (SSSR count). The Labute approximate surface area is 339 Å². The Balaban J connectivity index is 0. The zero-order chi connectivity index (χ0) is 41.3. The first-order valence-electron chi connectivity index (χ1n) is 21.6. The molecule has 0 aromatic carbocycles. The van der Waals surface area contributed by atoms with Crippen LogP contribution in [0.15, 0.2) is 84.6 Å². The summed E-state index contributed by atoms with van der Waals surface area (Å²) in [7, 11) is 1.64. The zero-order valence-corrected chi connectivity index (χ0v) is 36.7. The Kier molecular flexibility index (Phi) is 40.0. The Morgan fingerprint density at radius 2 is 1.51 bits per heavy atom. The molecule has 55 heavy (non-hydrogen) atoms. The highest BCUT2D eigenvalue weighted by Crippen LogP contribution is 2.49. The topological polar surface area (TPSA) is 85.9 Å². The molecule has 0 aromatic rings. The second-order valence-electron chi connectivity index (χ2n) is 13.9. The first-order chi connectivity index (χ1) is 26.8. The van der Waals surface area contributed by atoms with E-state index in [4.69, 9.17) is 14.2 Å². The summed E-state index contributed by atoms with van der Waals surface area (Å²) < 4.78 is 16.0. The standard InChI is InChI=1S/C28H41NO2.C16H33NO3.C4H10/c1-6-9-10-13-18-24(4)28(25(16-7-2)17-8-3,23-27(30)29-21-22-31-5)26-19-14-11-12-15-20-26;1-3-5-7-8-9-12-19-14-15-20-13-11-17-16(18)10-6-4-2;1-3-4-2/h7-10,13-14,16-20,24H,2,6,11-12,15,21-23H2,1,3-5H3,(H,29,30);3-15H2,1-2H3,(H,17,18);3-4H2,1-2H3/b10-9-,17-8-,18-13-,25-16+;;. The molecule has 7 heteroatoms. The summed E-state index contributed by atoms with van der Waals surface area (Å²) in [5.41, 5.74) is 1.81. The number of unbranched alkanes of at least 4 members (excludes halogenated alkanes) is 6. The van der Waals surface area contributed by atoms with Crippen LogP contribution in [0, 0.1) is 11.3 Å². The lowest BCUT2D eigenvalue weighted by molar-refractivity contribution is -0.123. The van der Waals surface area contributed by atoms with Crippen molar-refractivity contribution in [2.45, 2.75) is 145 Å². The van der Waals surface area contributed by atoms with Gasteiger partial charge in [0, 0.05) is 45.1 Å². The number of rotatable bonds is 29. The molecule has 0 heterocycles. The van der Waals surface area contributed by atoms with E-state index in [1.165, 1.54) is 44.1 Å². The summed E-state index contributed by atoms with van der Waals surface area (Å²) in [6, 6.07) is 0. The first-order valence-corrected chi connectivity index (χ1v) is 21.6. The highest BCUT2D eigenvalue weighted by Gasteiger charge is 2.42. The summed E-state index contributed by atoms with van der Waals surface area (Å²) in [5, 5.41) is 5.88. The largest absolute Gasteiger partial charge is 0.383 e. The van der Waals surface area contributed by atoms with Crippen molar-refractivity contribution in [1.82, 2.24) is 10.6 Å². The number of allylic oxidation sites excluding steroid dienone is 13. The molecule has 7 nitrogen and oxygen atoms in total. The highest BCUT2D eigenvalue weighted by atomic mass is 16.5. The number of hydrogen-bond acceptors (Lipinski definition) is 5. The van der Waals surface area contributed by atoms with Gasteiger partial charge in [0.15, 0.2) is 0 Å². The normalized spacial score (nSPS) is 14.7. The molecule has 0 aliphatic heterocycles. The van der Waals surface area contributed by atoms with Crippen molar-refractivity contribution < 1.29 is 23.8 Å². The first kappa shape index (κ1) is 54.1. The summed E-state index contributed by atoms with van der Waals surface area (Å²) in [6.07, 6.45) is 39.5. The fourth-order valence-electron chi connectivity index (χ4n) is 5.86. The van der Waals surface area contributed by atoms with Gasteiger partial charge in [0.25, 0.3) is 0 Å². The predicted molar refractivity (Wildman–Crippen MR) is 237 cm³/mol.